The zero-order valence-electron chi connectivity index (χ0n) is 16.4. The van der Waals surface area contributed by atoms with Crippen molar-refractivity contribution in [2.24, 2.45) is 0 Å². The minimum Gasteiger partial charge on any atom is -0.337 e. The normalized spacial score (nSPS) is 11.6. The molecule has 0 bridgehead atoms. The third-order valence-electron chi connectivity index (χ3n) is 4.61. The van der Waals surface area contributed by atoms with Gasteiger partial charge in [-0.2, -0.15) is 5.10 Å². The number of carbonyl (C=O) groups excluding carboxylic acids is 1. The Kier molecular flexibility index (Phi) is 5.65. The van der Waals surface area contributed by atoms with E-state index in [-0.39, 0.29) is 17.9 Å². The van der Waals surface area contributed by atoms with Crippen LogP contribution in [0.15, 0.2) is 41.0 Å². The second-order valence-corrected chi connectivity index (χ2v) is 8.28. The highest BCUT2D eigenvalue weighted by atomic mass is 79.9. The van der Waals surface area contributed by atoms with Gasteiger partial charge in [0.1, 0.15) is 0 Å². The fraction of sp³-hybridized carbons (Fsp3) is 0.381. The second-order valence-electron chi connectivity index (χ2n) is 7.42. The maximum Gasteiger partial charge on any atom is 0.254 e. The summed E-state index contributed by atoms with van der Waals surface area (Å²) in [4.78, 5) is 19.8. The van der Waals surface area contributed by atoms with Gasteiger partial charge in [0.2, 0.25) is 0 Å². The van der Waals surface area contributed by atoms with E-state index in [2.05, 4.69) is 48.7 Å². The Hall–Kier alpha value is -2.21. The molecule has 2 aromatic heterocycles. The monoisotopic (exact) mass is 428 g/mol. The molecule has 142 valence electrons. The van der Waals surface area contributed by atoms with E-state index in [0.717, 1.165) is 26.8 Å². The molecular formula is C21H25BrN4O. The summed E-state index contributed by atoms with van der Waals surface area (Å²) in [6.07, 6.45) is 1.76. The van der Waals surface area contributed by atoms with Crippen LogP contribution in [0.5, 0.6) is 0 Å². The molecule has 3 aromatic rings. The number of hydrogen-bond donors (Lipinski definition) is 0. The van der Waals surface area contributed by atoms with E-state index in [4.69, 9.17) is 4.98 Å². The smallest absolute Gasteiger partial charge is 0.254 e. The van der Waals surface area contributed by atoms with Crippen LogP contribution in [0.25, 0.3) is 11.0 Å². The number of hydrogen-bond acceptors (Lipinski definition) is 3. The summed E-state index contributed by atoms with van der Waals surface area (Å²) in [5, 5.41) is 5.27. The second kappa shape index (κ2) is 7.80. The van der Waals surface area contributed by atoms with Crippen LogP contribution in [0, 0.1) is 0 Å². The van der Waals surface area contributed by atoms with E-state index in [1.165, 1.54) is 0 Å². The lowest BCUT2D eigenvalue weighted by Crippen LogP contribution is -2.27. The van der Waals surface area contributed by atoms with Crippen molar-refractivity contribution in [2.75, 3.05) is 7.05 Å². The minimum absolute atomic E-state index is 0.0247. The summed E-state index contributed by atoms with van der Waals surface area (Å²) in [5.41, 5.74) is 3.40. The summed E-state index contributed by atoms with van der Waals surface area (Å²) < 4.78 is 2.88. The van der Waals surface area contributed by atoms with Gasteiger partial charge in [-0.15, -0.1) is 0 Å². The molecule has 5 nitrogen and oxygen atoms in total. The Labute approximate surface area is 168 Å². The van der Waals surface area contributed by atoms with Gasteiger partial charge in [0, 0.05) is 29.8 Å². The average molecular weight is 429 g/mol. The minimum atomic E-state index is -0.0247. The lowest BCUT2D eigenvalue weighted by molar-refractivity contribution is 0.0786. The Morgan fingerprint density at radius 2 is 1.93 bits per heavy atom. The van der Waals surface area contributed by atoms with Crippen molar-refractivity contribution in [3.05, 3.63) is 57.8 Å². The summed E-state index contributed by atoms with van der Waals surface area (Å²) in [5.74, 6) is 0.202. The summed E-state index contributed by atoms with van der Waals surface area (Å²) in [6.45, 7) is 8.83. The van der Waals surface area contributed by atoms with Gasteiger partial charge in [-0.05, 0) is 37.5 Å². The number of amides is 1. The maximum atomic E-state index is 13.3. The Bertz CT molecular complexity index is 977. The zero-order chi connectivity index (χ0) is 19.7. The lowest BCUT2D eigenvalue weighted by atomic mass is 10.0. The quantitative estimate of drug-likeness (QED) is 0.562. The molecule has 0 atom stereocenters. The van der Waals surface area contributed by atoms with Crippen LogP contribution >= 0.6 is 15.9 Å². The molecule has 0 saturated carbocycles. The van der Waals surface area contributed by atoms with Crippen molar-refractivity contribution < 1.29 is 4.79 Å². The van der Waals surface area contributed by atoms with Crippen LogP contribution in [0.2, 0.25) is 0 Å². The molecule has 0 unspecified atom stereocenters. The highest BCUT2D eigenvalue weighted by Gasteiger charge is 2.21. The molecular weight excluding hydrogens is 404 g/mol. The van der Waals surface area contributed by atoms with E-state index < -0.39 is 0 Å². The number of halogens is 1. The number of pyridine rings is 1. The molecule has 1 aromatic carbocycles. The molecule has 27 heavy (non-hydrogen) atoms. The molecule has 1 amide bonds. The number of aromatic nitrogens is 3. The molecule has 0 fully saturated rings. The molecule has 6 heteroatoms. The van der Waals surface area contributed by atoms with E-state index in [9.17, 15) is 4.79 Å². The number of nitrogens with zero attached hydrogens (tertiary/aromatic N) is 4. The van der Waals surface area contributed by atoms with Crippen molar-refractivity contribution in [1.82, 2.24) is 19.7 Å². The SMILES string of the molecule is CC(C)c1cc(C(=O)N(C)Cc2ccccc2Br)c2cnn(C(C)C)c2n1. The van der Waals surface area contributed by atoms with Crippen LogP contribution in [-0.2, 0) is 6.54 Å². The fourth-order valence-electron chi connectivity index (χ4n) is 3.05. The Morgan fingerprint density at radius 1 is 1.22 bits per heavy atom. The number of rotatable bonds is 5. The summed E-state index contributed by atoms with van der Waals surface area (Å²) >= 11 is 3.56. The van der Waals surface area contributed by atoms with Crippen molar-refractivity contribution in [1.29, 1.82) is 0 Å². The van der Waals surface area contributed by atoms with Crippen LogP contribution < -0.4 is 0 Å². The largest absolute Gasteiger partial charge is 0.337 e. The fourth-order valence-corrected chi connectivity index (χ4v) is 3.46. The van der Waals surface area contributed by atoms with Crippen LogP contribution in [0.4, 0.5) is 0 Å². The molecule has 0 radical (unpaired) electrons. The van der Waals surface area contributed by atoms with Crippen molar-refractivity contribution in [2.45, 2.75) is 46.2 Å². The first kappa shape index (κ1) is 19.5. The van der Waals surface area contributed by atoms with E-state index in [1.807, 2.05) is 42.1 Å². The van der Waals surface area contributed by atoms with Gasteiger partial charge in [0.05, 0.1) is 17.1 Å². The predicted molar refractivity (Wildman–Crippen MR) is 112 cm³/mol. The molecule has 2 heterocycles. The van der Waals surface area contributed by atoms with E-state index in [0.29, 0.717) is 12.1 Å². The highest BCUT2D eigenvalue weighted by molar-refractivity contribution is 9.10. The van der Waals surface area contributed by atoms with Crippen LogP contribution in [-0.4, -0.2) is 32.6 Å². The molecule has 3 rings (SSSR count). The first-order valence-electron chi connectivity index (χ1n) is 9.16. The first-order valence-corrected chi connectivity index (χ1v) is 9.96. The number of benzene rings is 1. The number of carbonyl (C=O) groups is 1. The van der Waals surface area contributed by atoms with Gasteiger partial charge in [-0.25, -0.2) is 9.67 Å². The highest BCUT2D eigenvalue weighted by Crippen LogP contribution is 2.26. The van der Waals surface area contributed by atoms with Crippen LogP contribution in [0.3, 0.4) is 0 Å². The topological polar surface area (TPSA) is 51.0 Å². The maximum absolute atomic E-state index is 13.3. The molecule has 0 saturated heterocycles. The van der Waals surface area contributed by atoms with Crippen LogP contribution in [0.1, 0.15) is 61.3 Å². The molecule has 0 aliphatic heterocycles. The molecule has 0 spiro atoms. The van der Waals surface area contributed by atoms with Crippen molar-refractivity contribution >= 4 is 32.9 Å². The van der Waals surface area contributed by atoms with Gasteiger partial charge in [0.25, 0.3) is 5.91 Å². The third kappa shape index (κ3) is 3.90. The summed E-state index contributed by atoms with van der Waals surface area (Å²) in [7, 11) is 1.83. The molecule has 0 aliphatic rings. The average Bonchev–Trinajstić information content (AvgIpc) is 3.06. The molecule has 0 N–H and O–H groups in total. The van der Waals surface area contributed by atoms with Gasteiger partial charge < -0.3 is 4.90 Å². The standard InChI is InChI=1S/C21H25BrN4O/c1-13(2)19-10-16(17-11-23-26(14(3)4)20(17)24-19)21(27)25(5)12-15-8-6-7-9-18(15)22/h6-11,13-14H,12H2,1-5H3. The lowest BCUT2D eigenvalue weighted by Gasteiger charge is -2.19. The Balaban J connectivity index is 2.04. The van der Waals surface area contributed by atoms with Crippen molar-refractivity contribution in [3.8, 4) is 0 Å². The van der Waals surface area contributed by atoms with Gasteiger partial charge >= 0.3 is 0 Å². The van der Waals surface area contributed by atoms with E-state index in [1.54, 1.807) is 11.1 Å². The van der Waals surface area contributed by atoms with Crippen molar-refractivity contribution in [3.63, 3.8) is 0 Å². The third-order valence-corrected chi connectivity index (χ3v) is 5.38. The van der Waals surface area contributed by atoms with Gasteiger partial charge in [-0.1, -0.05) is 48.0 Å². The summed E-state index contributed by atoms with van der Waals surface area (Å²) in [6, 6.07) is 10.1. The number of fused-ring (bicyclic) bond motifs is 1. The predicted octanol–water partition coefficient (Wildman–Crippen LogP) is 5.17. The van der Waals surface area contributed by atoms with Gasteiger partial charge in [0.15, 0.2) is 5.65 Å². The first-order chi connectivity index (χ1) is 12.8. The van der Waals surface area contributed by atoms with Gasteiger partial charge in [-0.3, -0.25) is 4.79 Å². The molecule has 0 aliphatic carbocycles. The zero-order valence-corrected chi connectivity index (χ0v) is 18.0. The Morgan fingerprint density at radius 3 is 2.56 bits per heavy atom. The van der Waals surface area contributed by atoms with E-state index >= 15 is 0 Å².